The summed E-state index contributed by atoms with van der Waals surface area (Å²) in [7, 11) is 0. The van der Waals surface area contributed by atoms with E-state index in [1.165, 1.54) is 6.92 Å². The molecule has 19 heavy (non-hydrogen) atoms. The molecule has 102 valence electrons. The Morgan fingerprint density at radius 1 is 1.37 bits per heavy atom. The summed E-state index contributed by atoms with van der Waals surface area (Å²) >= 11 is 3.45. The monoisotopic (exact) mass is 326 g/mol. The predicted octanol–water partition coefficient (Wildman–Crippen LogP) is 1.14. The normalized spacial score (nSPS) is 12.5. The maximum atomic E-state index is 11.5. The molecule has 0 aromatic heterocycles. The maximum Gasteiger partial charge on any atom is 0.239 e. The summed E-state index contributed by atoms with van der Waals surface area (Å²) < 4.78 is 6.55. The van der Waals surface area contributed by atoms with Crippen LogP contribution in [0.5, 0.6) is 5.75 Å². The molecule has 2 rings (SSSR count). The fraction of sp³-hybridized carbons (Fsp3) is 0.385. The molecule has 1 aromatic carbocycles. The van der Waals surface area contributed by atoms with Gasteiger partial charge in [-0.2, -0.15) is 0 Å². The summed E-state index contributed by atoms with van der Waals surface area (Å²) in [4.78, 5) is 22.2. The van der Waals surface area contributed by atoms with Gasteiger partial charge in [0.1, 0.15) is 5.75 Å². The number of carbonyl (C=O) groups excluding carboxylic acids is 2. The van der Waals surface area contributed by atoms with E-state index in [4.69, 9.17) is 4.74 Å². The van der Waals surface area contributed by atoms with E-state index in [0.29, 0.717) is 13.2 Å². The molecule has 1 aromatic rings. The molecule has 0 bridgehead atoms. The summed E-state index contributed by atoms with van der Waals surface area (Å²) in [6.45, 7) is 2.44. The Bertz CT molecular complexity index is 517. The lowest BCUT2D eigenvalue weighted by atomic mass is 10.1. The number of nitrogens with one attached hydrogen (secondary N) is 2. The van der Waals surface area contributed by atoms with Crippen molar-refractivity contribution in [2.45, 2.75) is 19.9 Å². The first-order valence-electron chi connectivity index (χ1n) is 6.01. The second-order valence-corrected chi connectivity index (χ2v) is 5.25. The number of benzene rings is 1. The van der Waals surface area contributed by atoms with Gasteiger partial charge in [-0.25, -0.2) is 0 Å². The molecule has 2 amide bonds. The SMILES string of the molecule is CC(=O)NCC(=O)NCc1cc(Br)cc2c1OCC2. The molecule has 0 aliphatic carbocycles. The lowest BCUT2D eigenvalue weighted by Crippen LogP contribution is -2.35. The highest BCUT2D eigenvalue weighted by atomic mass is 79.9. The Morgan fingerprint density at radius 3 is 2.89 bits per heavy atom. The molecule has 1 heterocycles. The van der Waals surface area contributed by atoms with Gasteiger partial charge in [0.15, 0.2) is 0 Å². The fourth-order valence-electron chi connectivity index (χ4n) is 1.94. The zero-order chi connectivity index (χ0) is 13.8. The first-order chi connectivity index (χ1) is 9.06. The molecular weight excluding hydrogens is 312 g/mol. The number of hydrogen-bond donors (Lipinski definition) is 2. The number of halogens is 1. The first kappa shape index (κ1) is 13.9. The van der Waals surface area contributed by atoms with Crippen LogP contribution in [0.2, 0.25) is 0 Å². The Kier molecular flexibility index (Phi) is 4.42. The molecule has 0 saturated heterocycles. The fourth-order valence-corrected chi connectivity index (χ4v) is 2.49. The van der Waals surface area contributed by atoms with Crippen LogP contribution in [0.4, 0.5) is 0 Å². The molecule has 0 saturated carbocycles. The summed E-state index contributed by atoms with van der Waals surface area (Å²) in [6, 6.07) is 3.97. The largest absolute Gasteiger partial charge is 0.493 e. The van der Waals surface area contributed by atoms with E-state index in [9.17, 15) is 9.59 Å². The van der Waals surface area contributed by atoms with Crippen LogP contribution in [0.1, 0.15) is 18.1 Å². The minimum atomic E-state index is -0.221. The molecule has 1 aliphatic heterocycles. The van der Waals surface area contributed by atoms with E-state index in [1.807, 2.05) is 12.1 Å². The molecule has 0 unspecified atom stereocenters. The van der Waals surface area contributed by atoms with E-state index < -0.39 is 0 Å². The Morgan fingerprint density at radius 2 is 2.16 bits per heavy atom. The van der Waals surface area contributed by atoms with Gasteiger partial charge in [-0.1, -0.05) is 15.9 Å². The number of carbonyl (C=O) groups is 2. The van der Waals surface area contributed by atoms with Gasteiger partial charge in [0, 0.05) is 29.9 Å². The molecule has 1 aliphatic rings. The van der Waals surface area contributed by atoms with Crippen molar-refractivity contribution in [1.29, 1.82) is 0 Å². The highest BCUT2D eigenvalue weighted by Gasteiger charge is 2.17. The summed E-state index contributed by atoms with van der Waals surface area (Å²) in [5, 5.41) is 5.21. The Labute approximate surface area is 119 Å². The lowest BCUT2D eigenvalue weighted by molar-refractivity contribution is -0.125. The minimum Gasteiger partial charge on any atom is -0.493 e. The smallest absolute Gasteiger partial charge is 0.239 e. The minimum absolute atomic E-state index is 0.00756. The quantitative estimate of drug-likeness (QED) is 0.871. The number of hydrogen-bond acceptors (Lipinski definition) is 3. The van der Waals surface area contributed by atoms with Crippen LogP contribution in [0.15, 0.2) is 16.6 Å². The molecule has 2 N–H and O–H groups in total. The van der Waals surface area contributed by atoms with Crippen LogP contribution >= 0.6 is 15.9 Å². The lowest BCUT2D eigenvalue weighted by Gasteiger charge is -2.10. The standard InChI is InChI=1S/C13H15BrN2O3/c1-8(17)15-7-12(18)16-6-10-5-11(14)4-9-2-3-19-13(9)10/h4-5H,2-3,6-7H2,1H3,(H,15,17)(H,16,18). The maximum absolute atomic E-state index is 11.5. The van der Waals surface area contributed by atoms with Gasteiger partial charge in [-0.3, -0.25) is 9.59 Å². The van der Waals surface area contributed by atoms with Crippen molar-refractivity contribution in [2.24, 2.45) is 0 Å². The van der Waals surface area contributed by atoms with Gasteiger partial charge >= 0.3 is 0 Å². The van der Waals surface area contributed by atoms with Crippen LogP contribution in [0.25, 0.3) is 0 Å². The number of ether oxygens (including phenoxy) is 1. The van der Waals surface area contributed by atoms with Crippen molar-refractivity contribution in [1.82, 2.24) is 10.6 Å². The van der Waals surface area contributed by atoms with Crippen LogP contribution in [-0.4, -0.2) is 25.0 Å². The molecule has 0 radical (unpaired) electrons. The zero-order valence-corrected chi connectivity index (χ0v) is 12.2. The summed E-state index contributed by atoms with van der Waals surface area (Å²) in [5.41, 5.74) is 2.10. The van der Waals surface area contributed by atoms with Crippen molar-refractivity contribution >= 4 is 27.7 Å². The zero-order valence-electron chi connectivity index (χ0n) is 10.6. The van der Waals surface area contributed by atoms with Crippen molar-refractivity contribution < 1.29 is 14.3 Å². The molecule has 5 nitrogen and oxygen atoms in total. The van der Waals surface area contributed by atoms with Crippen LogP contribution in [0, 0.1) is 0 Å². The second kappa shape index (κ2) is 6.06. The van der Waals surface area contributed by atoms with Crippen molar-refractivity contribution in [3.05, 3.63) is 27.7 Å². The van der Waals surface area contributed by atoms with Crippen molar-refractivity contribution in [3.63, 3.8) is 0 Å². The Hall–Kier alpha value is -1.56. The van der Waals surface area contributed by atoms with Gasteiger partial charge < -0.3 is 15.4 Å². The predicted molar refractivity (Wildman–Crippen MR) is 73.9 cm³/mol. The molecule has 0 atom stereocenters. The highest BCUT2D eigenvalue weighted by Crippen LogP contribution is 2.32. The average Bonchev–Trinajstić information content (AvgIpc) is 2.81. The van der Waals surface area contributed by atoms with Crippen LogP contribution in [-0.2, 0) is 22.6 Å². The number of fused-ring (bicyclic) bond motifs is 1. The van der Waals surface area contributed by atoms with Crippen LogP contribution < -0.4 is 15.4 Å². The topological polar surface area (TPSA) is 67.4 Å². The summed E-state index contributed by atoms with van der Waals surface area (Å²) in [6.07, 6.45) is 0.890. The highest BCUT2D eigenvalue weighted by molar-refractivity contribution is 9.10. The van der Waals surface area contributed by atoms with Crippen molar-refractivity contribution in [3.8, 4) is 5.75 Å². The van der Waals surface area contributed by atoms with Gasteiger partial charge in [-0.15, -0.1) is 0 Å². The molecule has 0 fully saturated rings. The van der Waals surface area contributed by atoms with E-state index in [-0.39, 0.29) is 18.4 Å². The van der Waals surface area contributed by atoms with Crippen LogP contribution in [0.3, 0.4) is 0 Å². The number of amides is 2. The third-order valence-corrected chi connectivity index (χ3v) is 3.26. The average molecular weight is 327 g/mol. The van der Waals surface area contributed by atoms with Crippen molar-refractivity contribution in [2.75, 3.05) is 13.2 Å². The second-order valence-electron chi connectivity index (χ2n) is 4.34. The number of rotatable bonds is 4. The van der Waals surface area contributed by atoms with Gasteiger partial charge in [0.05, 0.1) is 13.2 Å². The third-order valence-electron chi connectivity index (χ3n) is 2.80. The molecule has 6 heteroatoms. The van der Waals surface area contributed by atoms with E-state index in [1.54, 1.807) is 0 Å². The van der Waals surface area contributed by atoms with Gasteiger partial charge in [0.25, 0.3) is 0 Å². The third kappa shape index (κ3) is 3.70. The van der Waals surface area contributed by atoms with E-state index in [0.717, 1.165) is 27.8 Å². The van der Waals surface area contributed by atoms with Gasteiger partial charge in [0.2, 0.25) is 11.8 Å². The molecule has 0 spiro atoms. The van der Waals surface area contributed by atoms with Gasteiger partial charge in [-0.05, 0) is 17.7 Å². The van der Waals surface area contributed by atoms with E-state index >= 15 is 0 Å². The Balaban J connectivity index is 1.96. The van der Waals surface area contributed by atoms with E-state index in [2.05, 4.69) is 26.6 Å². The first-order valence-corrected chi connectivity index (χ1v) is 6.81. The summed E-state index contributed by atoms with van der Waals surface area (Å²) in [5.74, 6) is 0.423. The molecular formula is C13H15BrN2O3.